The maximum atomic E-state index is 11.9. The largest absolute Gasteiger partial charge is 0.496 e. The summed E-state index contributed by atoms with van der Waals surface area (Å²) in [4.78, 5) is 14.1. The van der Waals surface area contributed by atoms with Crippen LogP contribution in [-0.2, 0) is 4.79 Å². The van der Waals surface area contributed by atoms with Gasteiger partial charge in [0, 0.05) is 5.56 Å². The van der Waals surface area contributed by atoms with E-state index in [4.69, 9.17) is 4.74 Å². The second-order valence-electron chi connectivity index (χ2n) is 7.15. The molecule has 4 heteroatoms. The van der Waals surface area contributed by atoms with Gasteiger partial charge in [-0.3, -0.25) is 9.69 Å². The zero-order chi connectivity index (χ0) is 18.7. The van der Waals surface area contributed by atoms with Crippen molar-refractivity contribution in [3.8, 4) is 5.75 Å². The molecule has 0 radical (unpaired) electrons. The minimum Gasteiger partial charge on any atom is -0.496 e. The van der Waals surface area contributed by atoms with Gasteiger partial charge in [-0.1, -0.05) is 53.9 Å². The number of benzene rings is 2. The van der Waals surface area contributed by atoms with Crippen molar-refractivity contribution in [3.63, 3.8) is 0 Å². The number of nitrogens with zero attached hydrogens (tertiary/aromatic N) is 1. The van der Waals surface area contributed by atoms with Crippen LogP contribution in [0.15, 0.2) is 42.5 Å². The topological polar surface area (TPSA) is 49.8 Å². The third-order valence-corrected chi connectivity index (χ3v) is 5.15. The molecule has 2 atom stereocenters. The molecule has 0 bridgehead atoms. The Bertz CT molecular complexity index is 766. The summed E-state index contributed by atoms with van der Waals surface area (Å²) < 4.78 is 5.62. The van der Waals surface area contributed by atoms with Crippen molar-refractivity contribution in [1.29, 1.82) is 0 Å². The molecule has 2 unspecified atom stereocenters. The van der Waals surface area contributed by atoms with E-state index in [0.29, 0.717) is 6.42 Å². The van der Waals surface area contributed by atoms with E-state index < -0.39 is 12.0 Å². The van der Waals surface area contributed by atoms with Crippen LogP contribution in [0.2, 0.25) is 0 Å². The summed E-state index contributed by atoms with van der Waals surface area (Å²) in [7, 11) is 1.67. The summed E-state index contributed by atoms with van der Waals surface area (Å²) in [5, 5.41) is 9.81. The third-order valence-electron chi connectivity index (χ3n) is 5.15. The second-order valence-corrected chi connectivity index (χ2v) is 7.15. The summed E-state index contributed by atoms with van der Waals surface area (Å²) in [6.45, 7) is 4.94. The molecule has 0 aliphatic carbocycles. The fraction of sp³-hybridized carbons (Fsp3) is 0.409. The first kappa shape index (κ1) is 18.5. The van der Waals surface area contributed by atoms with Crippen LogP contribution in [0.3, 0.4) is 0 Å². The molecule has 2 aromatic rings. The summed E-state index contributed by atoms with van der Waals surface area (Å²) in [6.07, 6.45) is 2.66. The minimum absolute atomic E-state index is 0.133. The summed E-state index contributed by atoms with van der Waals surface area (Å²) >= 11 is 0. The molecule has 0 saturated carbocycles. The first-order valence-corrected chi connectivity index (χ1v) is 9.21. The Balaban J connectivity index is 2.16. The highest BCUT2D eigenvalue weighted by atomic mass is 16.5. The van der Waals surface area contributed by atoms with Crippen LogP contribution in [-0.4, -0.2) is 35.7 Å². The number of ether oxygens (including phenoxy) is 1. The highest BCUT2D eigenvalue weighted by Gasteiger charge is 2.36. The van der Waals surface area contributed by atoms with Gasteiger partial charge in [-0.2, -0.15) is 0 Å². The Morgan fingerprint density at radius 2 is 1.85 bits per heavy atom. The highest BCUT2D eigenvalue weighted by molar-refractivity contribution is 5.73. The van der Waals surface area contributed by atoms with Crippen molar-refractivity contribution in [1.82, 2.24) is 4.90 Å². The zero-order valence-electron chi connectivity index (χ0n) is 15.7. The number of hydrogen-bond acceptors (Lipinski definition) is 3. The lowest BCUT2D eigenvalue weighted by Crippen LogP contribution is -2.47. The van der Waals surface area contributed by atoms with Crippen LogP contribution >= 0.6 is 0 Å². The molecule has 1 fully saturated rings. The predicted octanol–water partition coefficient (Wildman–Crippen LogP) is 4.34. The summed E-state index contributed by atoms with van der Waals surface area (Å²) in [5.41, 5.74) is 4.51. The zero-order valence-corrected chi connectivity index (χ0v) is 15.7. The minimum atomic E-state index is -0.742. The Morgan fingerprint density at radius 1 is 1.15 bits per heavy atom. The Labute approximate surface area is 155 Å². The number of para-hydroxylation sites is 1. The number of carbonyl (C=O) groups is 1. The number of likely N-dealkylation sites (tertiary alicyclic amines) is 1. The molecular weight excluding hydrogens is 326 g/mol. The van der Waals surface area contributed by atoms with Gasteiger partial charge in [-0.15, -0.1) is 0 Å². The lowest BCUT2D eigenvalue weighted by molar-refractivity contribution is -0.145. The Morgan fingerprint density at radius 3 is 2.50 bits per heavy atom. The van der Waals surface area contributed by atoms with E-state index in [-0.39, 0.29) is 6.04 Å². The van der Waals surface area contributed by atoms with Crippen LogP contribution < -0.4 is 4.74 Å². The van der Waals surface area contributed by atoms with Gasteiger partial charge in [-0.05, 0) is 44.9 Å². The van der Waals surface area contributed by atoms with E-state index in [2.05, 4.69) is 43.0 Å². The number of rotatable bonds is 5. The average Bonchev–Trinajstić information content (AvgIpc) is 2.62. The quantitative estimate of drug-likeness (QED) is 0.869. The lowest BCUT2D eigenvalue weighted by atomic mass is 9.90. The van der Waals surface area contributed by atoms with Gasteiger partial charge >= 0.3 is 5.97 Å². The van der Waals surface area contributed by atoms with Crippen molar-refractivity contribution < 1.29 is 14.6 Å². The molecule has 1 heterocycles. The molecule has 1 N–H and O–H groups in total. The van der Waals surface area contributed by atoms with Crippen molar-refractivity contribution in [2.24, 2.45) is 0 Å². The van der Waals surface area contributed by atoms with Gasteiger partial charge < -0.3 is 9.84 Å². The normalized spacial score (nSPS) is 19.1. The highest BCUT2D eigenvalue weighted by Crippen LogP contribution is 2.38. The molecule has 138 valence electrons. The molecule has 0 spiro atoms. The van der Waals surface area contributed by atoms with Gasteiger partial charge in [-0.25, -0.2) is 0 Å². The predicted molar refractivity (Wildman–Crippen MR) is 103 cm³/mol. The van der Waals surface area contributed by atoms with Crippen molar-refractivity contribution in [3.05, 3.63) is 64.7 Å². The van der Waals surface area contributed by atoms with Crippen molar-refractivity contribution in [2.75, 3.05) is 13.7 Å². The number of aliphatic carboxylic acids is 1. The molecule has 4 nitrogen and oxygen atoms in total. The lowest BCUT2D eigenvalue weighted by Gasteiger charge is -2.40. The number of aryl methyl sites for hydroxylation is 2. The van der Waals surface area contributed by atoms with Gasteiger partial charge in [0.1, 0.15) is 11.8 Å². The van der Waals surface area contributed by atoms with Crippen LogP contribution in [0.4, 0.5) is 0 Å². The van der Waals surface area contributed by atoms with E-state index >= 15 is 0 Å². The first-order valence-electron chi connectivity index (χ1n) is 9.21. The van der Waals surface area contributed by atoms with Crippen LogP contribution in [0.1, 0.15) is 47.6 Å². The number of hydrogen-bond donors (Lipinski definition) is 1. The number of carboxylic acids is 1. The smallest absolute Gasteiger partial charge is 0.320 e. The summed E-state index contributed by atoms with van der Waals surface area (Å²) in [6, 6.07) is 13.8. The number of methoxy groups -OCH3 is 1. The molecule has 1 saturated heterocycles. The monoisotopic (exact) mass is 353 g/mol. The van der Waals surface area contributed by atoms with Gasteiger partial charge in [0.05, 0.1) is 13.2 Å². The fourth-order valence-corrected chi connectivity index (χ4v) is 4.14. The Kier molecular flexibility index (Phi) is 5.62. The maximum absolute atomic E-state index is 11.9. The van der Waals surface area contributed by atoms with Gasteiger partial charge in [0.15, 0.2) is 0 Å². The number of carboxylic acid groups (broad SMARTS) is 1. The third kappa shape index (κ3) is 3.75. The van der Waals surface area contributed by atoms with E-state index in [9.17, 15) is 9.90 Å². The second kappa shape index (κ2) is 7.92. The average molecular weight is 353 g/mol. The first-order chi connectivity index (χ1) is 12.5. The molecule has 26 heavy (non-hydrogen) atoms. The molecule has 0 amide bonds. The van der Waals surface area contributed by atoms with Crippen LogP contribution in [0.5, 0.6) is 5.75 Å². The van der Waals surface area contributed by atoms with E-state index in [0.717, 1.165) is 36.3 Å². The molecule has 2 aromatic carbocycles. The van der Waals surface area contributed by atoms with E-state index in [1.807, 2.05) is 18.2 Å². The molecule has 1 aliphatic rings. The van der Waals surface area contributed by atoms with Gasteiger partial charge in [0.25, 0.3) is 0 Å². The molecule has 1 aliphatic heterocycles. The number of piperidine rings is 1. The maximum Gasteiger partial charge on any atom is 0.320 e. The molecular formula is C22H27NO3. The van der Waals surface area contributed by atoms with E-state index in [1.165, 1.54) is 11.1 Å². The van der Waals surface area contributed by atoms with Crippen molar-refractivity contribution >= 4 is 5.97 Å². The molecule has 0 aromatic heterocycles. The van der Waals surface area contributed by atoms with Crippen LogP contribution in [0.25, 0.3) is 0 Å². The SMILES string of the molecule is COc1ccccc1C(c1cc(C)cc(C)c1)N1CCCCC1C(=O)O. The van der Waals surface area contributed by atoms with Gasteiger partial charge in [0.2, 0.25) is 0 Å². The van der Waals surface area contributed by atoms with Crippen LogP contribution in [0, 0.1) is 13.8 Å². The van der Waals surface area contributed by atoms with E-state index in [1.54, 1.807) is 7.11 Å². The fourth-order valence-electron chi connectivity index (χ4n) is 4.14. The summed E-state index contributed by atoms with van der Waals surface area (Å²) in [5.74, 6) is 0.0559. The Hall–Kier alpha value is -2.33. The van der Waals surface area contributed by atoms with Crippen molar-refractivity contribution in [2.45, 2.75) is 45.2 Å². The molecule has 3 rings (SSSR count). The standard InChI is InChI=1S/C22H27NO3/c1-15-12-16(2)14-17(13-15)21(18-8-4-5-10-20(18)26-3)23-11-7-6-9-19(23)22(24)25/h4-5,8,10,12-14,19,21H,6-7,9,11H2,1-3H3,(H,24,25).